The van der Waals surface area contributed by atoms with Crippen LogP contribution in [-0.2, 0) is 7.05 Å². The Morgan fingerprint density at radius 2 is 2.22 bits per heavy atom. The molecule has 1 aromatic carbocycles. The first-order valence-electron chi connectivity index (χ1n) is 6.67. The topological polar surface area (TPSA) is 55.9 Å². The highest BCUT2D eigenvalue weighted by Gasteiger charge is 2.24. The zero-order valence-electron chi connectivity index (χ0n) is 10.8. The number of hydrazine groups is 1. The lowest BCUT2D eigenvalue weighted by atomic mass is 10.0. The van der Waals surface area contributed by atoms with Gasteiger partial charge in [-0.05, 0) is 24.8 Å². The summed E-state index contributed by atoms with van der Waals surface area (Å²) in [6.07, 6.45) is 5.10. The number of fused-ring (bicyclic) bond motifs is 1. The van der Waals surface area contributed by atoms with Crippen LogP contribution >= 0.6 is 0 Å². The van der Waals surface area contributed by atoms with Gasteiger partial charge in [0, 0.05) is 12.4 Å². The lowest BCUT2D eigenvalue weighted by molar-refractivity contribution is 0.470. The minimum atomic E-state index is 0.164. The molecule has 0 spiro atoms. The molecule has 4 nitrogen and oxygen atoms in total. The van der Waals surface area contributed by atoms with Crippen LogP contribution in [0, 0.1) is 5.92 Å². The minimum Gasteiger partial charge on any atom is -0.271 e. The lowest BCUT2D eigenvalue weighted by Crippen LogP contribution is -2.28. The smallest absolute Gasteiger partial charge is 0.0886 e. The van der Waals surface area contributed by atoms with Crippen molar-refractivity contribution in [2.75, 3.05) is 0 Å². The molecule has 3 rings (SSSR count). The molecule has 1 aliphatic carbocycles. The Morgan fingerprint density at radius 3 is 2.94 bits per heavy atom. The second kappa shape index (κ2) is 4.71. The van der Waals surface area contributed by atoms with Crippen LogP contribution in [0.3, 0.4) is 0 Å². The Morgan fingerprint density at radius 1 is 1.44 bits per heavy atom. The first-order chi connectivity index (χ1) is 8.79. The maximum atomic E-state index is 5.71. The van der Waals surface area contributed by atoms with Crippen molar-refractivity contribution < 1.29 is 0 Å². The van der Waals surface area contributed by atoms with E-state index in [1.54, 1.807) is 0 Å². The molecule has 4 heteroatoms. The average Bonchev–Trinajstić information content (AvgIpc) is 3.16. The number of nitrogens with one attached hydrogen (secondary N) is 1. The number of benzene rings is 1. The number of rotatable bonds is 5. The van der Waals surface area contributed by atoms with Gasteiger partial charge in [0.2, 0.25) is 0 Å². The lowest BCUT2D eigenvalue weighted by Gasteiger charge is -2.13. The van der Waals surface area contributed by atoms with Crippen LogP contribution in [0.1, 0.15) is 37.4 Å². The van der Waals surface area contributed by atoms with E-state index in [1.165, 1.54) is 30.2 Å². The van der Waals surface area contributed by atoms with Gasteiger partial charge in [0.15, 0.2) is 0 Å². The van der Waals surface area contributed by atoms with Crippen molar-refractivity contribution >= 4 is 10.9 Å². The van der Waals surface area contributed by atoms with Gasteiger partial charge in [0.1, 0.15) is 0 Å². The third kappa shape index (κ3) is 2.13. The maximum absolute atomic E-state index is 5.71. The number of aryl methyl sites for hydroxylation is 1. The quantitative estimate of drug-likeness (QED) is 0.626. The Hall–Kier alpha value is -1.39. The Balaban J connectivity index is 1.90. The number of nitrogens with two attached hydrogens (primary N) is 1. The molecule has 1 aromatic heterocycles. The van der Waals surface area contributed by atoms with Gasteiger partial charge in [0.25, 0.3) is 0 Å². The van der Waals surface area contributed by atoms with Gasteiger partial charge < -0.3 is 0 Å². The van der Waals surface area contributed by atoms with Crippen LogP contribution in [0.25, 0.3) is 10.9 Å². The zero-order chi connectivity index (χ0) is 12.5. The van der Waals surface area contributed by atoms with Crippen LogP contribution in [0.4, 0.5) is 0 Å². The van der Waals surface area contributed by atoms with Gasteiger partial charge >= 0.3 is 0 Å². The standard InChI is InChI=1S/C14H20N4/c1-18-13-5-3-2-4-11(13)14(17-18)12(16-15)9-8-10-6-7-10/h2-5,10,12,16H,6-9,15H2,1H3. The fraction of sp³-hybridized carbons (Fsp3) is 0.500. The highest BCUT2D eigenvalue weighted by Crippen LogP contribution is 2.36. The molecule has 2 aromatic rings. The van der Waals surface area contributed by atoms with Crippen molar-refractivity contribution in [3.05, 3.63) is 30.0 Å². The van der Waals surface area contributed by atoms with Gasteiger partial charge in [-0.2, -0.15) is 5.10 Å². The van der Waals surface area contributed by atoms with Crippen LogP contribution in [0.15, 0.2) is 24.3 Å². The first kappa shape index (κ1) is 11.7. The largest absolute Gasteiger partial charge is 0.271 e. The molecule has 18 heavy (non-hydrogen) atoms. The molecule has 1 saturated carbocycles. The third-order valence-electron chi connectivity index (χ3n) is 3.88. The second-order valence-corrected chi connectivity index (χ2v) is 5.27. The van der Waals surface area contributed by atoms with Crippen molar-refractivity contribution in [3.63, 3.8) is 0 Å². The Labute approximate surface area is 107 Å². The van der Waals surface area contributed by atoms with E-state index in [4.69, 9.17) is 5.84 Å². The van der Waals surface area contributed by atoms with E-state index < -0.39 is 0 Å². The molecule has 1 atom stereocenters. The summed E-state index contributed by atoms with van der Waals surface area (Å²) in [5.41, 5.74) is 5.18. The zero-order valence-corrected chi connectivity index (χ0v) is 10.8. The van der Waals surface area contributed by atoms with Crippen LogP contribution in [0.2, 0.25) is 0 Å². The minimum absolute atomic E-state index is 0.164. The third-order valence-corrected chi connectivity index (χ3v) is 3.88. The van der Waals surface area contributed by atoms with Crippen LogP contribution in [0.5, 0.6) is 0 Å². The molecule has 96 valence electrons. The van der Waals surface area contributed by atoms with E-state index in [1.807, 2.05) is 17.8 Å². The molecular formula is C14H20N4. The molecular weight excluding hydrogens is 224 g/mol. The van der Waals surface area contributed by atoms with Gasteiger partial charge in [-0.1, -0.05) is 31.0 Å². The summed E-state index contributed by atoms with van der Waals surface area (Å²) in [4.78, 5) is 0. The van der Waals surface area contributed by atoms with E-state index in [0.29, 0.717) is 0 Å². The molecule has 0 aliphatic heterocycles. The van der Waals surface area contributed by atoms with Gasteiger partial charge in [-0.15, -0.1) is 0 Å². The number of para-hydroxylation sites is 1. The predicted octanol–water partition coefficient (Wildman–Crippen LogP) is 2.27. The van der Waals surface area contributed by atoms with E-state index in [0.717, 1.165) is 18.0 Å². The second-order valence-electron chi connectivity index (χ2n) is 5.27. The number of nitrogens with zero attached hydrogens (tertiary/aromatic N) is 2. The van der Waals surface area contributed by atoms with E-state index in [2.05, 4.69) is 28.7 Å². The summed E-state index contributed by atoms with van der Waals surface area (Å²) in [6.45, 7) is 0. The fourth-order valence-corrected chi connectivity index (χ4v) is 2.61. The van der Waals surface area contributed by atoms with Crippen molar-refractivity contribution in [2.24, 2.45) is 18.8 Å². The van der Waals surface area contributed by atoms with Gasteiger partial charge in [-0.3, -0.25) is 16.0 Å². The van der Waals surface area contributed by atoms with Crippen molar-refractivity contribution in [3.8, 4) is 0 Å². The summed E-state index contributed by atoms with van der Waals surface area (Å²) >= 11 is 0. The highest BCUT2D eigenvalue weighted by atomic mass is 15.3. The molecule has 1 heterocycles. The Bertz CT molecular complexity index is 542. The summed E-state index contributed by atoms with van der Waals surface area (Å²) in [6, 6.07) is 8.49. The molecule has 0 amide bonds. The first-order valence-corrected chi connectivity index (χ1v) is 6.67. The number of hydrogen-bond donors (Lipinski definition) is 2. The molecule has 1 aliphatic rings. The molecule has 0 saturated heterocycles. The number of hydrogen-bond acceptors (Lipinski definition) is 3. The van der Waals surface area contributed by atoms with Crippen LogP contribution in [-0.4, -0.2) is 9.78 Å². The van der Waals surface area contributed by atoms with Gasteiger partial charge in [-0.25, -0.2) is 0 Å². The molecule has 3 N–H and O–H groups in total. The maximum Gasteiger partial charge on any atom is 0.0886 e. The van der Waals surface area contributed by atoms with E-state index in [9.17, 15) is 0 Å². The SMILES string of the molecule is Cn1nc(C(CCC2CC2)NN)c2ccccc21. The number of aromatic nitrogens is 2. The van der Waals surface area contributed by atoms with Crippen molar-refractivity contribution in [1.29, 1.82) is 0 Å². The van der Waals surface area contributed by atoms with Crippen molar-refractivity contribution in [1.82, 2.24) is 15.2 Å². The summed E-state index contributed by atoms with van der Waals surface area (Å²) in [7, 11) is 1.99. The van der Waals surface area contributed by atoms with E-state index >= 15 is 0 Å². The van der Waals surface area contributed by atoms with Crippen molar-refractivity contribution in [2.45, 2.75) is 31.7 Å². The molecule has 0 radical (unpaired) electrons. The average molecular weight is 244 g/mol. The highest BCUT2D eigenvalue weighted by molar-refractivity contribution is 5.82. The summed E-state index contributed by atoms with van der Waals surface area (Å²) in [5, 5.41) is 5.84. The molecule has 1 fully saturated rings. The van der Waals surface area contributed by atoms with Crippen LogP contribution < -0.4 is 11.3 Å². The van der Waals surface area contributed by atoms with Gasteiger partial charge in [0.05, 0.1) is 17.3 Å². The predicted molar refractivity (Wildman–Crippen MR) is 72.7 cm³/mol. The normalized spacial score (nSPS) is 17.2. The monoisotopic (exact) mass is 244 g/mol. The molecule has 0 bridgehead atoms. The Kier molecular flexibility index (Phi) is 3.06. The summed E-state index contributed by atoms with van der Waals surface area (Å²) < 4.78 is 1.94. The molecule has 1 unspecified atom stereocenters. The fourth-order valence-electron chi connectivity index (χ4n) is 2.61. The van der Waals surface area contributed by atoms with E-state index in [-0.39, 0.29) is 6.04 Å². The summed E-state index contributed by atoms with van der Waals surface area (Å²) in [5.74, 6) is 6.64.